The highest BCUT2D eigenvalue weighted by molar-refractivity contribution is 5.95. The van der Waals surface area contributed by atoms with Crippen molar-refractivity contribution in [2.24, 2.45) is 5.41 Å². The van der Waals surface area contributed by atoms with Crippen molar-refractivity contribution < 1.29 is 4.79 Å². The summed E-state index contributed by atoms with van der Waals surface area (Å²) in [5, 5.41) is 2.94. The van der Waals surface area contributed by atoms with E-state index in [0.717, 1.165) is 11.4 Å². The third kappa shape index (κ3) is 3.48. The van der Waals surface area contributed by atoms with Crippen LogP contribution in [0.2, 0.25) is 0 Å². The van der Waals surface area contributed by atoms with E-state index in [1.165, 1.54) is 5.56 Å². The molecule has 1 aromatic carbocycles. The van der Waals surface area contributed by atoms with Gasteiger partial charge >= 0.3 is 0 Å². The lowest BCUT2D eigenvalue weighted by atomic mass is 9.95. The highest BCUT2D eigenvalue weighted by Crippen LogP contribution is 2.24. The maximum atomic E-state index is 11.9. The topological polar surface area (TPSA) is 32.3 Å². The van der Waals surface area contributed by atoms with E-state index in [1.807, 2.05) is 58.0 Å². The van der Waals surface area contributed by atoms with E-state index in [9.17, 15) is 4.79 Å². The van der Waals surface area contributed by atoms with Crippen LogP contribution in [0.1, 0.15) is 26.3 Å². The summed E-state index contributed by atoms with van der Waals surface area (Å²) < 4.78 is 0. The molecule has 0 spiro atoms. The Morgan fingerprint density at radius 3 is 2.29 bits per heavy atom. The van der Waals surface area contributed by atoms with Gasteiger partial charge in [-0.25, -0.2) is 0 Å². The smallest absolute Gasteiger partial charge is 0.229 e. The molecule has 0 fully saturated rings. The summed E-state index contributed by atoms with van der Waals surface area (Å²) in [4.78, 5) is 13.9. The Bertz CT molecular complexity index is 417. The van der Waals surface area contributed by atoms with Crippen LogP contribution in [0.5, 0.6) is 0 Å². The van der Waals surface area contributed by atoms with Crippen LogP contribution in [0.4, 0.5) is 11.4 Å². The minimum atomic E-state index is -0.372. The summed E-state index contributed by atoms with van der Waals surface area (Å²) in [6.45, 7) is 7.78. The first-order valence-corrected chi connectivity index (χ1v) is 5.81. The van der Waals surface area contributed by atoms with Crippen LogP contribution in [-0.4, -0.2) is 20.0 Å². The summed E-state index contributed by atoms with van der Waals surface area (Å²) in [7, 11) is 4.00. The SMILES string of the molecule is Cc1ccc(NC(=O)C(C)(C)C)cc1N(C)C. The molecule has 0 aliphatic carbocycles. The standard InChI is InChI=1S/C14H22N2O/c1-10-7-8-11(9-12(10)16(5)6)15-13(17)14(2,3)4/h7-9H,1-6H3,(H,15,17). The van der Waals surface area contributed by atoms with Crippen LogP contribution in [0.15, 0.2) is 18.2 Å². The van der Waals surface area contributed by atoms with E-state index in [0.29, 0.717) is 0 Å². The lowest BCUT2D eigenvalue weighted by molar-refractivity contribution is -0.123. The molecular weight excluding hydrogens is 212 g/mol. The first-order valence-electron chi connectivity index (χ1n) is 5.81. The highest BCUT2D eigenvalue weighted by Gasteiger charge is 2.21. The van der Waals surface area contributed by atoms with Crippen molar-refractivity contribution in [1.82, 2.24) is 0 Å². The van der Waals surface area contributed by atoms with Crippen molar-refractivity contribution in [1.29, 1.82) is 0 Å². The van der Waals surface area contributed by atoms with E-state index >= 15 is 0 Å². The van der Waals surface area contributed by atoms with Gasteiger partial charge < -0.3 is 10.2 Å². The summed E-state index contributed by atoms with van der Waals surface area (Å²) >= 11 is 0. The van der Waals surface area contributed by atoms with E-state index in [4.69, 9.17) is 0 Å². The number of aryl methyl sites for hydroxylation is 1. The quantitative estimate of drug-likeness (QED) is 0.853. The molecule has 0 bridgehead atoms. The Morgan fingerprint density at radius 1 is 1.24 bits per heavy atom. The Balaban J connectivity index is 2.94. The van der Waals surface area contributed by atoms with Gasteiger partial charge in [0, 0.05) is 30.9 Å². The molecule has 94 valence electrons. The molecule has 0 atom stereocenters. The molecule has 17 heavy (non-hydrogen) atoms. The molecule has 1 N–H and O–H groups in total. The highest BCUT2D eigenvalue weighted by atomic mass is 16.2. The largest absolute Gasteiger partial charge is 0.377 e. The first-order chi connectivity index (χ1) is 7.71. The first kappa shape index (κ1) is 13.6. The number of nitrogens with one attached hydrogen (secondary N) is 1. The van der Waals surface area contributed by atoms with Gasteiger partial charge in [0.25, 0.3) is 0 Å². The molecular formula is C14H22N2O. The molecule has 3 nitrogen and oxygen atoms in total. The lowest BCUT2D eigenvalue weighted by Crippen LogP contribution is -2.27. The number of amides is 1. The van der Waals surface area contributed by atoms with Crippen molar-refractivity contribution in [2.75, 3.05) is 24.3 Å². The number of nitrogens with zero attached hydrogens (tertiary/aromatic N) is 1. The van der Waals surface area contributed by atoms with Crippen LogP contribution in [0, 0.1) is 12.3 Å². The minimum Gasteiger partial charge on any atom is -0.377 e. The molecule has 1 rings (SSSR count). The van der Waals surface area contributed by atoms with Crippen molar-refractivity contribution in [3.05, 3.63) is 23.8 Å². The molecule has 1 amide bonds. The molecule has 0 heterocycles. The fraction of sp³-hybridized carbons (Fsp3) is 0.500. The number of anilines is 2. The monoisotopic (exact) mass is 234 g/mol. The number of hydrogen-bond donors (Lipinski definition) is 1. The minimum absolute atomic E-state index is 0.0334. The van der Waals surface area contributed by atoms with Gasteiger partial charge in [-0.3, -0.25) is 4.79 Å². The summed E-state index contributed by atoms with van der Waals surface area (Å²) in [5.74, 6) is 0.0334. The van der Waals surface area contributed by atoms with Crippen LogP contribution >= 0.6 is 0 Å². The summed E-state index contributed by atoms with van der Waals surface area (Å²) in [5.41, 5.74) is 2.79. The van der Waals surface area contributed by atoms with Gasteiger partial charge in [0.2, 0.25) is 5.91 Å². The number of rotatable bonds is 2. The van der Waals surface area contributed by atoms with Crippen LogP contribution in [-0.2, 0) is 4.79 Å². The van der Waals surface area contributed by atoms with Crippen molar-refractivity contribution in [3.63, 3.8) is 0 Å². The molecule has 0 saturated carbocycles. The van der Waals surface area contributed by atoms with E-state index in [1.54, 1.807) is 0 Å². The van der Waals surface area contributed by atoms with Gasteiger partial charge in [0.15, 0.2) is 0 Å². The van der Waals surface area contributed by atoms with Gasteiger partial charge in [-0.2, -0.15) is 0 Å². The fourth-order valence-electron chi connectivity index (χ4n) is 1.49. The number of carbonyl (C=O) groups is 1. The third-order valence-corrected chi connectivity index (χ3v) is 2.63. The number of benzene rings is 1. The maximum Gasteiger partial charge on any atom is 0.229 e. The van der Waals surface area contributed by atoms with Gasteiger partial charge in [0.05, 0.1) is 0 Å². The van der Waals surface area contributed by atoms with Crippen LogP contribution in [0.25, 0.3) is 0 Å². The maximum absolute atomic E-state index is 11.9. The molecule has 0 saturated heterocycles. The molecule has 0 aromatic heterocycles. The molecule has 3 heteroatoms. The zero-order valence-electron chi connectivity index (χ0n) is 11.6. The average Bonchev–Trinajstić information content (AvgIpc) is 2.19. The Kier molecular flexibility index (Phi) is 3.81. The fourth-order valence-corrected chi connectivity index (χ4v) is 1.49. The van der Waals surface area contributed by atoms with Gasteiger partial charge in [-0.1, -0.05) is 26.8 Å². The second-order valence-corrected chi connectivity index (χ2v) is 5.60. The Hall–Kier alpha value is -1.51. The predicted molar refractivity (Wildman–Crippen MR) is 73.6 cm³/mol. The molecule has 1 aromatic rings. The molecule has 0 aliphatic heterocycles. The third-order valence-electron chi connectivity index (χ3n) is 2.63. The van der Waals surface area contributed by atoms with E-state index in [-0.39, 0.29) is 11.3 Å². The average molecular weight is 234 g/mol. The number of carbonyl (C=O) groups excluding carboxylic acids is 1. The molecule has 0 radical (unpaired) electrons. The summed E-state index contributed by atoms with van der Waals surface area (Å²) in [6, 6.07) is 5.96. The van der Waals surface area contributed by atoms with Gasteiger partial charge in [-0.05, 0) is 24.6 Å². The lowest BCUT2D eigenvalue weighted by Gasteiger charge is -2.20. The Morgan fingerprint density at radius 2 is 1.82 bits per heavy atom. The normalized spacial score (nSPS) is 11.2. The van der Waals surface area contributed by atoms with E-state index in [2.05, 4.69) is 12.2 Å². The number of hydrogen-bond acceptors (Lipinski definition) is 2. The van der Waals surface area contributed by atoms with Gasteiger partial charge in [0.1, 0.15) is 0 Å². The van der Waals surface area contributed by atoms with Crippen molar-refractivity contribution >= 4 is 17.3 Å². The van der Waals surface area contributed by atoms with Gasteiger partial charge in [-0.15, -0.1) is 0 Å². The van der Waals surface area contributed by atoms with Crippen molar-refractivity contribution in [2.45, 2.75) is 27.7 Å². The molecule has 0 unspecified atom stereocenters. The summed E-state index contributed by atoms with van der Waals surface area (Å²) in [6.07, 6.45) is 0. The molecule has 0 aliphatic rings. The van der Waals surface area contributed by atoms with Crippen molar-refractivity contribution in [3.8, 4) is 0 Å². The zero-order chi connectivity index (χ0) is 13.2. The predicted octanol–water partition coefficient (Wildman–Crippen LogP) is 3.05. The van der Waals surface area contributed by atoms with Crippen LogP contribution in [0.3, 0.4) is 0 Å². The van der Waals surface area contributed by atoms with Crippen LogP contribution < -0.4 is 10.2 Å². The second kappa shape index (κ2) is 4.78. The second-order valence-electron chi connectivity index (χ2n) is 5.60. The van der Waals surface area contributed by atoms with E-state index < -0.39 is 0 Å². The zero-order valence-corrected chi connectivity index (χ0v) is 11.6. The Labute approximate surface area is 104 Å².